The summed E-state index contributed by atoms with van der Waals surface area (Å²) in [5.74, 6) is 0.258. The van der Waals surface area contributed by atoms with E-state index >= 15 is 0 Å². The third kappa shape index (κ3) is 2.13. The largest absolute Gasteiger partial charge is 0.385 e. The topological polar surface area (TPSA) is 20.2 Å². The Morgan fingerprint density at radius 3 is 2.60 bits per heavy atom. The second-order valence-electron chi connectivity index (χ2n) is 4.48. The zero-order chi connectivity index (χ0) is 10.7. The first-order valence-electron chi connectivity index (χ1n) is 5.66. The molecule has 0 unspecified atom stereocenters. The Morgan fingerprint density at radius 2 is 2.00 bits per heavy atom. The summed E-state index contributed by atoms with van der Waals surface area (Å²) in [4.78, 5) is 0. The third-order valence-corrected chi connectivity index (χ3v) is 3.33. The predicted octanol–water partition coefficient (Wildman–Crippen LogP) is 3.25. The Bertz CT molecular complexity index is 338. The van der Waals surface area contributed by atoms with E-state index in [1.807, 2.05) is 37.3 Å². The fraction of sp³-hybridized carbons (Fsp3) is 0.429. The Hall–Kier alpha value is -1.08. The zero-order valence-corrected chi connectivity index (χ0v) is 9.19. The molecule has 0 amide bonds. The molecule has 2 atom stereocenters. The summed E-state index contributed by atoms with van der Waals surface area (Å²) in [6, 6.07) is 9.95. The van der Waals surface area contributed by atoms with Crippen molar-refractivity contribution in [3.63, 3.8) is 0 Å². The number of allylic oxidation sites excluding steroid dienone is 1. The van der Waals surface area contributed by atoms with E-state index in [9.17, 15) is 5.11 Å². The smallest absolute Gasteiger partial charge is 0.0930 e. The molecule has 1 nitrogen and oxygen atoms in total. The molecule has 1 aromatic rings. The van der Waals surface area contributed by atoms with Crippen molar-refractivity contribution in [2.75, 3.05) is 0 Å². The molecule has 1 aromatic carbocycles. The fourth-order valence-corrected chi connectivity index (χ4v) is 2.27. The number of aliphatic hydroxyl groups is 1. The predicted molar refractivity (Wildman–Crippen MR) is 62.5 cm³/mol. The van der Waals surface area contributed by atoms with Crippen LogP contribution in [0.3, 0.4) is 0 Å². The van der Waals surface area contributed by atoms with Crippen LogP contribution in [-0.4, -0.2) is 5.11 Å². The summed E-state index contributed by atoms with van der Waals surface area (Å²) in [5, 5.41) is 10.6. The molecule has 2 rings (SSSR count). The number of benzene rings is 1. The van der Waals surface area contributed by atoms with Gasteiger partial charge in [0, 0.05) is 5.92 Å². The molecular formula is C14H18O. The van der Waals surface area contributed by atoms with Crippen LogP contribution in [0.4, 0.5) is 0 Å². The summed E-state index contributed by atoms with van der Waals surface area (Å²) < 4.78 is 0. The summed E-state index contributed by atoms with van der Waals surface area (Å²) in [6.07, 6.45) is 7.77. The van der Waals surface area contributed by atoms with Crippen molar-refractivity contribution < 1.29 is 5.11 Å². The van der Waals surface area contributed by atoms with Crippen LogP contribution in [0.25, 0.3) is 0 Å². The van der Waals surface area contributed by atoms with Gasteiger partial charge < -0.3 is 5.11 Å². The van der Waals surface area contributed by atoms with Gasteiger partial charge >= 0.3 is 0 Å². The SMILES string of the molecule is C[C@](O)(c1ccccc1)[C@H]1C=CCCC1. The highest BCUT2D eigenvalue weighted by Crippen LogP contribution is 2.35. The van der Waals surface area contributed by atoms with Crippen LogP contribution in [0, 0.1) is 5.92 Å². The van der Waals surface area contributed by atoms with Crippen LogP contribution in [0.5, 0.6) is 0 Å². The Morgan fingerprint density at radius 1 is 1.27 bits per heavy atom. The minimum atomic E-state index is -0.724. The monoisotopic (exact) mass is 202 g/mol. The highest BCUT2D eigenvalue weighted by Gasteiger charge is 2.32. The van der Waals surface area contributed by atoms with Crippen LogP contribution < -0.4 is 0 Å². The van der Waals surface area contributed by atoms with Crippen LogP contribution in [0.1, 0.15) is 31.7 Å². The molecule has 1 aliphatic carbocycles. The van der Waals surface area contributed by atoms with Crippen molar-refractivity contribution in [3.05, 3.63) is 48.0 Å². The molecule has 1 aliphatic rings. The summed E-state index contributed by atoms with van der Waals surface area (Å²) in [5.41, 5.74) is 0.291. The van der Waals surface area contributed by atoms with Crippen molar-refractivity contribution in [3.8, 4) is 0 Å². The molecule has 0 heterocycles. The molecule has 15 heavy (non-hydrogen) atoms. The molecule has 0 spiro atoms. The van der Waals surface area contributed by atoms with Crippen LogP contribution in [0.15, 0.2) is 42.5 Å². The van der Waals surface area contributed by atoms with Crippen LogP contribution in [-0.2, 0) is 5.60 Å². The molecule has 1 heteroatoms. The summed E-state index contributed by atoms with van der Waals surface area (Å²) in [7, 11) is 0. The standard InChI is InChI=1S/C14H18O/c1-14(15,12-8-4-2-5-9-12)13-10-6-3-7-11-13/h2,4-6,8-10,13,15H,3,7,11H2,1H3/t13-,14-/m0/s1. The lowest BCUT2D eigenvalue weighted by molar-refractivity contribution is 0.00800. The van der Waals surface area contributed by atoms with Gasteiger partial charge in [0.05, 0.1) is 5.60 Å². The van der Waals surface area contributed by atoms with E-state index in [0.29, 0.717) is 0 Å². The van der Waals surface area contributed by atoms with Crippen molar-refractivity contribution in [1.82, 2.24) is 0 Å². The second kappa shape index (κ2) is 4.19. The molecule has 80 valence electrons. The van der Waals surface area contributed by atoms with Gasteiger partial charge in [0.1, 0.15) is 0 Å². The highest BCUT2D eigenvalue weighted by atomic mass is 16.3. The lowest BCUT2D eigenvalue weighted by atomic mass is 9.78. The maximum absolute atomic E-state index is 10.6. The molecule has 0 bridgehead atoms. The molecule has 1 N–H and O–H groups in total. The molecule has 0 saturated carbocycles. The van der Waals surface area contributed by atoms with E-state index in [4.69, 9.17) is 0 Å². The van der Waals surface area contributed by atoms with Gasteiger partial charge in [-0.05, 0) is 31.7 Å². The van der Waals surface area contributed by atoms with Gasteiger partial charge in [-0.3, -0.25) is 0 Å². The summed E-state index contributed by atoms with van der Waals surface area (Å²) in [6.45, 7) is 1.92. The highest BCUT2D eigenvalue weighted by molar-refractivity contribution is 5.24. The molecule has 0 fully saturated rings. The van der Waals surface area contributed by atoms with Crippen molar-refractivity contribution >= 4 is 0 Å². The minimum Gasteiger partial charge on any atom is -0.385 e. The van der Waals surface area contributed by atoms with Crippen molar-refractivity contribution in [2.45, 2.75) is 31.8 Å². The van der Waals surface area contributed by atoms with E-state index in [1.165, 1.54) is 6.42 Å². The molecule has 0 aliphatic heterocycles. The van der Waals surface area contributed by atoms with E-state index in [1.54, 1.807) is 0 Å². The maximum atomic E-state index is 10.6. The van der Waals surface area contributed by atoms with E-state index in [-0.39, 0.29) is 5.92 Å². The van der Waals surface area contributed by atoms with E-state index < -0.39 is 5.60 Å². The average Bonchev–Trinajstić information content (AvgIpc) is 2.31. The van der Waals surface area contributed by atoms with Crippen LogP contribution in [0.2, 0.25) is 0 Å². The minimum absolute atomic E-state index is 0.258. The fourth-order valence-electron chi connectivity index (χ4n) is 2.27. The Kier molecular flexibility index (Phi) is 2.92. The van der Waals surface area contributed by atoms with Crippen LogP contribution >= 0.6 is 0 Å². The maximum Gasteiger partial charge on any atom is 0.0930 e. The van der Waals surface area contributed by atoms with Crippen molar-refractivity contribution in [2.24, 2.45) is 5.92 Å². The number of hydrogen-bond donors (Lipinski definition) is 1. The van der Waals surface area contributed by atoms with E-state index in [2.05, 4.69) is 12.2 Å². The first-order valence-corrected chi connectivity index (χ1v) is 5.66. The lowest BCUT2D eigenvalue weighted by Crippen LogP contribution is -2.31. The zero-order valence-electron chi connectivity index (χ0n) is 9.19. The number of rotatable bonds is 2. The molecule has 0 aromatic heterocycles. The van der Waals surface area contributed by atoms with Crippen molar-refractivity contribution in [1.29, 1.82) is 0 Å². The Labute approximate surface area is 91.4 Å². The van der Waals surface area contributed by atoms with Gasteiger partial charge in [-0.25, -0.2) is 0 Å². The Balaban J connectivity index is 2.26. The molecule has 0 saturated heterocycles. The van der Waals surface area contributed by atoms with Gasteiger partial charge in [-0.15, -0.1) is 0 Å². The van der Waals surface area contributed by atoms with Gasteiger partial charge in [-0.1, -0.05) is 42.5 Å². The van der Waals surface area contributed by atoms with Gasteiger partial charge in [0.25, 0.3) is 0 Å². The normalized spacial score (nSPS) is 24.8. The second-order valence-corrected chi connectivity index (χ2v) is 4.48. The average molecular weight is 202 g/mol. The van der Waals surface area contributed by atoms with Gasteiger partial charge in [-0.2, -0.15) is 0 Å². The molecular weight excluding hydrogens is 184 g/mol. The third-order valence-electron chi connectivity index (χ3n) is 3.33. The van der Waals surface area contributed by atoms with Gasteiger partial charge in [0.2, 0.25) is 0 Å². The first-order chi connectivity index (χ1) is 7.21. The molecule has 0 radical (unpaired) electrons. The number of hydrogen-bond acceptors (Lipinski definition) is 1. The van der Waals surface area contributed by atoms with E-state index in [0.717, 1.165) is 18.4 Å². The first kappa shape index (κ1) is 10.4. The quantitative estimate of drug-likeness (QED) is 0.730. The lowest BCUT2D eigenvalue weighted by Gasteiger charge is -2.33. The van der Waals surface area contributed by atoms with Gasteiger partial charge in [0.15, 0.2) is 0 Å². The summed E-state index contributed by atoms with van der Waals surface area (Å²) >= 11 is 0.